The molecule has 5 rings (SSSR count). The lowest BCUT2D eigenvalue weighted by atomic mass is 9.95. The summed E-state index contributed by atoms with van der Waals surface area (Å²) in [6.07, 6.45) is 6.81. The van der Waals surface area contributed by atoms with Gasteiger partial charge >= 0.3 is 0 Å². The first-order chi connectivity index (χ1) is 18.0. The zero-order valence-corrected chi connectivity index (χ0v) is 20.8. The lowest BCUT2D eigenvalue weighted by Gasteiger charge is -2.30. The van der Waals surface area contributed by atoms with Gasteiger partial charge in [-0.15, -0.1) is 0 Å². The highest BCUT2D eigenvalue weighted by Gasteiger charge is 2.26. The van der Waals surface area contributed by atoms with E-state index >= 15 is 0 Å². The van der Waals surface area contributed by atoms with Crippen LogP contribution in [-0.2, 0) is 9.53 Å². The fourth-order valence-corrected chi connectivity index (χ4v) is 4.58. The number of anilines is 1. The van der Waals surface area contributed by atoms with Crippen molar-refractivity contribution in [1.82, 2.24) is 14.5 Å². The smallest absolute Gasteiger partial charge is 0.255 e. The summed E-state index contributed by atoms with van der Waals surface area (Å²) in [6, 6.07) is 14.9. The topological polar surface area (TPSA) is 115 Å². The number of hydrogen-bond donors (Lipinski definition) is 2. The summed E-state index contributed by atoms with van der Waals surface area (Å²) in [6.45, 7) is 3.88. The molecule has 9 heteroatoms. The molecule has 2 aliphatic rings. The predicted octanol–water partition coefficient (Wildman–Crippen LogP) is 3.28. The molecule has 1 unspecified atom stereocenters. The lowest BCUT2D eigenvalue weighted by Crippen LogP contribution is -2.40. The van der Waals surface area contributed by atoms with Crippen molar-refractivity contribution in [2.24, 2.45) is 10.7 Å². The summed E-state index contributed by atoms with van der Waals surface area (Å²) in [5, 5.41) is 2.94. The number of nitrogens with zero attached hydrogens (tertiary/aromatic N) is 4. The number of carbonyl (C=O) groups is 2. The van der Waals surface area contributed by atoms with Crippen LogP contribution in [0.1, 0.15) is 35.7 Å². The van der Waals surface area contributed by atoms with Gasteiger partial charge in [0, 0.05) is 79.4 Å². The number of piperidine rings is 1. The van der Waals surface area contributed by atoms with Crippen molar-refractivity contribution in [2.75, 3.05) is 31.6 Å². The second kappa shape index (κ2) is 10.8. The van der Waals surface area contributed by atoms with Crippen LogP contribution in [0.25, 0.3) is 11.4 Å². The zero-order valence-electron chi connectivity index (χ0n) is 20.8. The Kier molecular flexibility index (Phi) is 7.14. The molecule has 2 fully saturated rings. The maximum atomic E-state index is 13.0. The molecule has 190 valence electrons. The van der Waals surface area contributed by atoms with E-state index in [0.717, 1.165) is 29.0 Å². The van der Waals surface area contributed by atoms with Crippen molar-refractivity contribution in [3.05, 3.63) is 84.0 Å². The summed E-state index contributed by atoms with van der Waals surface area (Å²) in [7, 11) is 0. The van der Waals surface area contributed by atoms with E-state index in [-0.39, 0.29) is 17.9 Å². The minimum atomic E-state index is -0.235. The number of carbonyl (C=O) groups excluding carboxylic acids is 2. The van der Waals surface area contributed by atoms with Gasteiger partial charge in [0.15, 0.2) is 0 Å². The molecule has 3 aromatic rings. The third kappa shape index (κ3) is 5.62. The molecular weight excluding hydrogens is 468 g/mol. The first-order valence-electron chi connectivity index (χ1n) is 12.4. The van der Waals surface area contributed by atoms with Crippen LogP contribution in [0.4, 0.5) is 5.69 Å². The summed E-state index contributed by atoms with van der Waals surface area (Å²) < 4.78 is 7.38. The van der Waals surface area contributed by atoms with Crippen LogP contribution in [0.15, 0.2) is 77.8 Å². The monoisotopic (exact) mass is 498 g/mol. The van der Waals surface area contributed by atoms with Crippen molar-refractivity contribution in [3.8, 4) is 5.69 Å². The number of nitrogens with two attached hydrogens (primary N) is 1. The fourth-order valence-electron chi connectivity index (χ4n) is 4.58. The predicted molar refractivity (Wildman–Crippen MR) is 143 cm³/mol. The second-order valence-electron chi connectivity index (χ2n) is 9.23. The average Bonchev–Trinajstić information content (AvgIpc) is 3.64. The number of nitrogens with one attached hydrogen (secondary N) is 1. The van der Waals surface area contributed by atoms with Gasteiger partial charge in [0.2, 0.25) is 5.91 Å². The number of aliphatic imine (C=N–C) groups is 1. The average molecular weight is 499 g/mol. The number of amides is 2. The van der Waals surface area contributed by atoms with Crippen molar-refractivity contribution in [3.63, 3.8) is 0 Å². The first kappa shape index (κ1) is 24.5. The number of benzene rings is 2. The van der Waals surface area contributed by atoms with E-state index in [2.05, 4.69) is 10.3 Å². The Hall–Kier alpha value is -4.24. The number of ether oxygens (including phenoxy) is 1. The molecule has 2 amide bonds. The van der Waals surface area contributed by atoms with Crippen molar-refractivity contribution in [2.45, 2.75) is 25.8 Å². The highest BCUT2D eigenvalue weighted by atomic mass is 16.5. The summed E-state index contributed by atoms with van der Waals surface area (Å²) in [4.78, 5) is 35.9. The second-order valence-corrected chi connectivity index (χ2v) is 9.23. The van der Waals surface area contributed by atoms with Gasteiger partial charge in [0.05, 0.1) is 19.0 Å². The molecule has 2 aromatic carbocycles. The highest BCUT2D eigenvalue weighted by Crippen LogP contribution is 2.24. The Labute approximate surface area is 215 Å². The molecule has 0 saturated carbocycles. The molecule has 0 radical (unpaired) electrons. The third-order valence-electron chi connectivity index (χ3n) is 6.69. The Morgan fingerprint density at radius 3 is 2.68 bits per heavy atom. The molecule has 1 atom stereocenters. The SMILES string of the molecule is CC(=O)N1CCC(=NC2CCOC2)C(=C(N)c2cccc(C(=O)Nc3ccc(-n4ccnc4)cc3)c2)C1. The van der Waals surface area contributed by atoms with E-state index in [1.807, 2.05) is 47.2 Å². The van der Waals surface area contributed by atoms with Crippen molar-refractivity contribution in [1.29, 1.82) is 0 Å². The van der Waals surface area contributed by atoms with Crippen molar-refractivity contribution >= 4 is 28.9 Å². The molecule has 9 nitrogen and oxygen atoms in total. The van der Waals surface area contributed by atoms with E-state index in [4.69, 9.17) is 15.5 Å². The number of aromatic nitrogens is 2. The van der Waals surface area contributed by atoms with Gasteiger partial charge in [-0.25, -0.2) is 4.98 Å². The van der Waals surface area contributed by atoms with Gasteiger partial charge in [-0.3, -0.25) is 14.6 Å². The molecule has 37 heavy (non-hydrogen) atoms. The van der Waals surface area contributed by atoms with Crippen molar-refractivity contribution < 1.29 is 14.3 Å². The molecule has 3 heterocycles. The van der Waals surface area contributed by atoms with Crippen LogP contribution >= 0.6 is 0 Å². The molecule has 2 saturated heterocycles. The number of imidazole rings is 1. The third-order valence-corrected chi connectivity index (χ3v) is 6.69. The summed E-state index contributed by atoms with van der Waals surface area (Å²) >= 11 is 0. The Bertz CT molecular complexity index is 1340. The molecule has 0 aliphatic carbocycles. The lowest BCUT2D eigenvalue weighted by molar-refractivity contribution is -0.128. The van der Waals surface area contributed by atoms with Gasteiger partial charge in [0.1, 0.15) is 0 Å². The number of rotatable bonds is 5. The van der Waals surface area contributed by atoms with Gasteiger partial charge in [0.25, 0.3) is 5.91 Å². The quantitative estimate of drug-likeness (QED) is 0.560. The van der Waals surface area contributed by atoms with Gasteiger partial charge in [-0.1, -0.05) is 12.1 Å². The minimum absolute atomic E-state index is 0.000681. The van der Waals surface area contributed by atoms with Gasteiger partial charge in [-0.05, 0) is 48.4 Å². The van der Waals surface area contributed by atoms with Crippen LogP contribution in [0.2, 0.25) is 0 Å². The van der Waals surface area contributed by atoms with E-state index in [1.165, 1.54) is 0 Å². The summed E-state index contributed by atoms with van der Waals surface area (Å²) in [5.41, 5.74) is 11.8. The first-order valence-corrected chi connectivity index (χ1v) is 12.4. The highest BCUT2D eigenvalue weighted by molar-refractivity contribution is 6.09. The molecule has 3 N–H and O–H groups in total. The van der Waals surface area contributed by atoms with E-state index < -0.39 is 0 Å². The Morgan fingerprint density at radius 1 is 1.16 bits per heavy atom. The van der Waals surface area contributed by atoms with Crippen LogP contribution in [0, 0.1) is 0 Å². The Morgan fingerprint density at radius 2 is 1.97 bits per heavy atom. The molecule has 0 bridgehead atoms. The number of likely N-dealkylation sites (tertiary alicyclic amines) is 1. The molecule has 0 spiro atoms. The van der Waals surface area contributed by atoms with Crippen LogP contribution in [0.5, 0.6) is 0 Å². The van der Waals surface area contributed by atoms with Crippen LogP contribution < -0.4 is 11.1 Å². The molecular formula is C28H30N6O3. The normalized spacial score (nSPS) is 20.2. The maximum absolute atomic E-state index is 13.0. The molecule has 2 aliphatic heterocycles. The van der Waals surface area contributed by atoms with Crippen LogP contribution in [0.3, 0.4) is 0 Å². The van der Waals surface area contributed by atoms with Gasteiger partial charge in [-0.2, -0.15) is 0 Å². The summed E-state index contributed by atoms with van der Waals surface area (Å²) in [5.74, 6) is -0.234. The Balaban J connectivity index is 1.38. The van der Waals surface area contributed by atoms with Gasteiger partial charge < -0.3 is 25.3 Å². The fraction of sp³-hybridized carbons (Fsp3) is 0.286. The largest absolute Gasteiger partial charge is 0.398 e. The van der Waals surface area contributed by atoms with E-state index in [9.17, 15) is 9.59 Å². The van der Waals surface area contributed by atoms with Crippen LogP contribution in [-0.4, -0.2) is 64.3 Å². The van der Waals surface area contributed by atoms with E-state index in [0.29, 0.717) is 49.7 Å². The zero-order chi connectivity index (χ0) is 25.8. The standard InChI is InChI=1S/C28H30N6O3/c1-19(35)33-12-9-26(31-23-10-14-37-17-23)25(16-33)27(29)20-3-2-4-21(15-20)28(36)32-22-5-7-24(8-6-22)34-13-11-30-18-34/h2-8,11,13,15,18,23H,9-10,12,14,16-17,29H2,1H3,(H,32,36). The molecule has 1 aromatic heterocycles. The number of hydrogen-bond acceptors (Lipinski definition) is 6. The van der Waals surface area contributed by atoms with E-state index in [1.54, 1.807) is 36.5 Å². The minimum Gasteiger partial charge on any atom is -0.398 e. The maximum Gasteiger partial charge on any atom is 0.255 e.